The maximum atomic E-state index is 3.57. The second-order valence-corrected chi connectivity index (χ2v) is 4.25. The molecule has 0 saturated heterocycles. The van der Waals surface area contributed by atoms with Gasteiger partial charge in [-0.15, -0.1) is 0 Å². The van der Waals surface area contributed by atoms with Gasteiger partial charge in [-0.25, -0.2) is 0 Å². The Morgan fingerprint density at radius 3 is 2.93 bits per heavy atom. The summed E-state index contributed by atoms with van der Waals surface area (Å²) >= 11 is 0. The first kappa shape index (κ1) is 8.25. The summed E-state index contributed by atoms with van der Waals surface area (Å²) in [6.45, 7) is 1.06. The molecule has 2 aliphatic carbocycles. The fourth-order valence-electron chi connectivity index (χ4n) is 2.06. The van der Waals surface area contributed by atoms with E-state index < -0.39 is 0 Å². The van der Waals surface area contributed by atoms with Crippen LogP contribution in [-0.4, -0.2) is 12.6 Å². The van der Waals surface area contributed by atoms with Crippen molar-refractivity contribution in [3.63, 3.8) is 0 Å². The van der Waals surface area contributed by atoms with Crippen molar-refractivity contribution in [1.29, 1.82) is 0 Å². The average molecular weight is 185 g/mol. The van der Waals surface area contributed by atoms with Crippen LogP contribution >= 0.6 is 0 Å². The second kappa shape index (κ2) is 3.25. The monoisotopic (exact) mass is 185 g/mol. The van der Waals surface area contributed by atoms with Gasteiger partial charge in [-0.1, -0.05) is 30.3 Å². The van der Waals surface area contributed by atoms with Gasteiger partial charge in [-0.2, -0.15) is 0 Å². The quantitative estimate of drug-likeness (QED) is 0.762. The molecule has 1 aromatic rings. The highest BCUT2D eigenvalue weighted by Crippen LogP contribution is 2.27. The fourth-order valence-corrected chi connectivity index (χ4v) is 2.06. The van der Waals surface area contributed by atoms with Gasteiger partial charge in [0.2, 0.25) is 0 Å². The summed E-state index contributed by atoms with van der Waals surface area (Å²) in [5.74, 6) is 0. The summed E-state index contributed by atoms with van der Waals surface area (Å²) < 4.78 is 0. The number of hydrogen-bond acceptors (Lipinski definition) is 1. The van der Waals surface area contributed by atoms with Crippen LogP contribution in [0.15, 0.2) is 30.3 Å². The molecule has 0 spiro atoms. The molecule has 3 rings (SSSR count). The molecule has 0 amide bonds. The van der Waals surface area contributed by atoms with Gasteiger partial charge in [0, 0.05) is 12.6 Å². The highest BCUT2D eigenvalue weighted by atomic mass is 14.9. The molecule has 1 saturated carbocycles. The van der Waals surface area contributed by atoms with E-state index in [1.54, 1.807) is 0 Å². The van der Waals surface area contributed by atoms with E-state index >= 15 is 0 Å². The fraction of sp³-hybridized carbons (Fsp3) is 0.385. The molecule has 0 aromatic heterocycles. The van der Waals surface area contributed by atoms with E-state index in [1.165, 1.54) is 29.5 Å². The molecule has 0 radical (unpaired) electrons. The Labute approximate surface area is 84.8 Å². The van der Waals surface area contributed by atoms with Crippen LogP contribution < -0.4 is 5.32 Å². The van der Waals surface area contributed by atoms with Crippen LogP contribution in [0.4, 0.5) is 0 Å². The van der Waals surface area contributed by atoms with Crippen molar-refractivity contribution in [2.75, 3.05) is 6.54 Å². The molecule has 72 valence electrons. The first-order valence-electron chi connectivity index (χ1n) is 5.44. The third-order valence-corrected chi connectivity index (χ3v) is 3.09. The van der Waals surface area contributed by atoms with Crippen molar-refractivity contribution in [3.8, 4) is 0 Å². The Morgan fingerprint density at radius 2 is 2.07 bits per heavy atom. The minimum absolute atomic E-state index is 0.809. The van der Waals surface area contributed by atoms with Gasteiger partial charge in [0.15, 0.2) is 0 Å². The van der Waals surface area contributed by atoms with Crippen LogP contribution in [-0.2, 0) is 6.42 Å². The third kappa shape index (κ3) is 1.48. The third-order valence-electron chi connectivity index (χ3n) is 3.09. The maximum Gasteiger partial charge on any atom is 0.0211 e. The van der Waals surface area contributed by atoms with E-state index in [0.717, 1.165) is 19.0 Å². The molecule has 0 aliphatic heterocycles. The molecule has 1 fully saturated rings. The molecule has 1 aromatic carbocycles. The van der Waals surface area contributed by atoms with Crippen molar-refractivity contribution in [1.82, 2.24) is 5.32 Å². The van der Waals surface area contributed by atoms with Crippen LogP contribution in [0.25, 0.3) is 5.57 Å². The number of hydrogen-bond donors (Lipinski definition) is 1. The van der Waals surface area contributed by atoms with Gasteiger partial charge < -0.3 is 5.32 Å². The Balaban J connectivity index is 1.75. The number of rotatable bonds is 3. The van der Waals surface area contributed by atoms with Crippen LogP contribution in [0.2, 0.25) is 0 Å². The van der Waals surface area contributed by atoms with Crippen molar-refractivity contribution >= 4 is 5.57 Å². The summed E-state index contributed by atoms with van der Waals surface area (Å²) in [6.07, 6.45) is 6.22. The molecule has 1 N–H and O–H groups in total. The lowest BCUT2D eigenvalue weighted by atomic mass is 10.1. The lowest BCUT2D eigenvalue weighted by Crippen LogP contribution is -2.18. The lowest BCUT2D eigenvalue weighted by Gasteiger charge is -2.06. The van der Waals surface area contributed by atoms with E-state index in [2.05, 4.69) is 35.7 Å². The molecule has 2 aliphatic rings. The molecule has 0 atom stereocenters. The number of fused-ring (bicyclic) bond motifs is 1. The number of allylic oxidation sites excluding steroid dienone is 1. The zero-order chi connectivity index (χ0) is 9.38. The Bertz CT molecular complexity index is 375. The van der Waals surface area contributed by atoms with Crippen LogP contribution in [0.3, 0.4) is 0 Å². The Kier molecular flexibility index (Phi) is 1.91. The van der Waals surface area contributed by atoms with Crippen LogP contribution in [0.1, 0.15) is 24.0 Å². The van der Waals surface area contributed by atoms with Gasteiger partial charge in [0.25, 0.3) is 0 Å². The van der Waals surface area contributed by atoms with Crippen molar-refractivity contribution in [3.05, 3.63) is 41.5 Å². The summed E-state index contributed by atoms with van der Waals surface area (Å²) in [6, 6.07) is 9.54. The molecule has 0 unspecified atom stereocenters. The second-order valence-electron chi connectivity index (χ2n) is 4.25. The summed E-state index contributed by atoms with van der Waals surface area (Å²) in [4.78, 5) is 0. The van der Waals surface area contributed by atoms with Gasteiger partial charge in [-0.3, -0.25) is 0 Å². The predicted octanol–water partition coefficient (Wildman–Crippen LogP) is 2.38. The minimum Gasteiger partial charge on any atom is -0.310 e. The topological polar surface area (TPSA) is 12.0 Å². The average Bonchev–Trinajstić information content (AvgIpc) is 2.96. The molecule has 0 heterocycles. The first-order valence-corrected chi connectivity index (χ1v) is 5.44. The Hall–Kier alpha value is -1.08. The molecule has 14 heavy (non-hydrogen) atoms. The summed E-state index contributed by atoms with van der Waals surface area (Å²) in [5, 5.41) is 3.57. The van der Waals surface area contributed by atoms with Gasteiger partial charge in [-0.05, 0) is 36.0 Å². The first-order chi connectivity index (χ1) is 6.93. The molecule has 0 bridgehead atoms. The largest absolute Gasteiger partial charge is 0.310 e. The van der Waals surface area contributed by atoms with E-state index in [0.29, 0.717) is 0 Å². The van der Waals surface area contributed by atoms with Crippen molar-refractivity contribution in [2.45, 2.75) is 25.3 Å². The number of nitrogens with one attached hydrogen (secondary N) is 1. The van der Waals surface area contributed by atoms with Gasteiger partial charge >= 0.3 is 0 Å². The van der Waals surface area contributed by atoms with E-state index in [-0.39, 0.29) is 0 Å². The summed E-state index contributed by atoms with van der Waals surface area (Å²) in [7, 11) is 0. The van der Waals surface area contributed by atoms with Gasteiger partial charge in [0.1, 0.15) is 0 Å². The smallest absolute Gasteiger partial charge is 0.0211 e. The van der Waals surface area contributed by atoms with Crippen molar-refractivity contribution < 1.29 is 0 Å². The van der Waals surface area contributed by atoms with Crippen LogP contribution in [0, 0.1) is 0 Å². The predicted molar refractivity (Wildman–Crippen MR) is 59.1 cm³/mol. The SMILES string of the molecule is C1=C(CNC2CC2)c2ccccc2C1. The molecular formula is C13H15N. The van der Waals surface area contributed by atoms with E-state index in [4.69, 9.17) is 0 Å². The van der Waals surface area contributed by atoms with E-state index in [1.807, 2.05) is 0 Å². The van der Waals surface area contributed by atoms with E-state index in [9.17, 15) is 0 Å². The molecule has 1 nitrogen and oxygen atoms in total. The maximum absolute atomic E-state index is 3.57. The zero-order valence-electron chi connectivity index (χ0n) is 8.29. The number of benzene rings is 1. The standard InChI is InChI=1S/C13H15N/c1-2-4-13-10(3-1)5-6-11(13)9-14-12-7-8-12/h1-4,6,12,14H,5,7-9H2. The van der Waals surface area contributed by atoms with Crippen molar-refractivity contribution in [2.24, 2.45) is 0 Å². The highest BCUT2D eigenvalue weighted by molar-refractivity contribution is 5.74. The molecular weight excluding hydrogens is 170 g/mol. The molecule has 1 heteroatoms. The minimum atomic E-state index is 0.809. The summed E-state index contributed by atoms with van der Waals surface area (Å²) in [5.41, 5.74) is 4.44. The zero-order valence-corrected chi connectivity index (χ0v) is 8.29. The normalized spacial score (nSPS) is 19.3. The van der Waals surface area contributed by atoms with Crippen LogP contribution in [0.5, 0.6) is 0 Å². The Morgan fingerprint density at radius 1 is 1.21 bits per heavy atom. The van der Waals surface area contributed by atoms with Gasteiger partial charge in [0.05, 0.1) is 0 Å². The highest BCUT2D eigenvalue weighted by Gasteiger charge is 2.21. The lowest BCUT2D eigenvalue weighted by molar-refractivity contribution is 0.761.